The highest BCUT2D eigenvalue weighted by molar-refractivity contribution is 7.98. The number of thioether (sulfide) groups is 1. The van der Waals surface area contributed by atoms with Gasteiger partial charge in [-0.05, 0) is 23.3 Å². The maximum absolute atomic E-state index is 11.4. The molecule has 5 heteroatoms. The molecule has 0 fully saturated rings. The summed E-state index contributed by atoms with van der Waals surface area (Å²) in [7, 11) is 1.40. The lowest BCUT2D eigenvalue weighted by molar-refractivity contribution is -0.139. The van der Waals surface area contributed by atoms with Gasteiger partial charge in [0, 0.05) is 11.9 Å². The van der Waals surface area contributed by atoms with E-state index in [2.05, 4.69) is 4.98 Å². The normalized spacial score (nSPS) is 10.3. The van der Waals surface area contributed by atoms with Crippen molar-refractivity contribution in [3.05, 3.63) is 58.7 Å². The van der Waals surface area contributed by atoms with Gasteiger partial charge in [0.2, 0.25) is 0 Å². The Morgan fingerprint density at radius 3 is 2.70 bits per heavy atom. The van der Waals surface area contributed by atoms with Crippen molar-refractivity contribution in [3.8, 4) is 0 Å². The molecule has 0 N–H and O–H groups in total. The standard InChI is InChI=1S/C15H14ClNO2S/c1-19-14(18)9-11-5-2-3-6-12(11)10-20-15-13(16)7-4-8-17-15/h2-8H,9-10H2,1H3. The average molecular weight is 308 g/mol. The summed E-state index contributed by atoms with van der Waals surface area (Å²) in [6, 6.07) is 11.4. The van der Waals surface area contributed by atoms with Crippen LogP contribution in [0.4, 0.5) is 0 Å². The van der Waals surface area contributed by atoms with Gasteiger partial charge in [-0.2, -0.15) is 0 Å². The molecular formula is C15H14ClNO2S. The van der Waals surface area contributed by atoms with E-state index in [1.165, 1.54) is 7.11 Å². The largest absolute Gasteiger partial charge is 0.469 e. The van der Waals surface area contributed by atoms with Crippen LogP contribution >= 0.6 is 23.4 Å². The molecule has 2 rings (SSSR count). The van der Waals surface area contributed by atoms with E-state index in [0.29, 0.717) is 10.8 Å². The molecule has 0 spiro atoms. The van der Waals surface area contributed by atoms with Gasteiger partial charge in [0.05, 0.1) is 18.6 Å². The van der Waals surface area contributed by atoms with E-state index >= 15 is 0 Å². The van der Waals surface area contributed by atoms with Gasteiger partial charge in [-0.1, -0.05) is 35.9 Å². The van der Waals surface area contributed by atoms with E-state index in [4.69, 9.17) is 16.3 Å². The second kappa shape index (κ2) is 7.31. The van der Waals surface area contributed by atoms with Crippen LogP contribution in [0.5, 0.6) is 0 Å². The lowest BCUT2D eigenvalue weighted by Gasteiger charge is -2.08. The minimum atomic E-state index is -0.238. The Morgan fingerprint density at radius 1 is 1.25 bits per heavy atom. The van der Waals surface area contributed by atoms with Gasteiger partial charge >= 0.3 is 5.97 Å². The summed E-state index contributed by atoms with van der Waals surface area (Å²) in [4.78, 5) is 15.6. The third kappa shape index (κ3) is 3.99. The van der Waals surface area contributed by atoms with E-state index in [1.54, 1.807) is 24.0 Å². The predicted octanol–water partition coefficient (Wildman–Crippen LogP) is 3.74. The molecule has 0 aliphatic carbocycles. The quantitative estimate of drug-likeness (QED) is 0.623. The van der Waals surface area contributed by atoms with Crippen molar-refractivity contribution in [3.63, 3.8) is 0 Å². The number of hydrogen-bond acceptors (Lipinski definition) is 4. The zero-order valence-corrected chi connectivity index (χ0v) is 12.6. The number of nitrogens with zero attached hydrogens (tertiary/aromatic N) is 1. The Morgan fingerprint density at radius 2 is 2.00 bits per heavy atom. The number of methoxy groups -OCH3 is 1. The highest BCUT2D eigenvalue weighted by Crippen LogP contribution is 2.28. The van der Waals surface area contributed by atoms with Crippen LogP contribution in [0.2, 0.25) is 5.02 Å². The minimum Gasteiger partial charge on any atom is -0.469 e. The van der Waals surface area contributed by atoms with Crippen molar-refractivity contribution >= 4 is 29.3 Å². The van der Waals surface area contributed by atoms with Crippen molar-refractivity contribution in [2.75, 3.05) is 7.11 Å². The number of halogens is 1. The van der Waals surface area contributed by atoms with Crippen LogP contribution in [0, 0.1) is 0 Å². The number of benzene rings is 1. The lowest BCUT2D eigenvalue weighted by atomic mass is 10.1. The Bertz CT molecular complexity index is 604. The van der Waals surface area contributed by atoms with E-state index in [-0.39, 0.29) is 12.4 Å². The Hall–Kier alpha value is -1.52. The third-order valence-electron chi connectivity index (χ3n) is 2.77. The topological polar surface area (TPSA) is 39.2 Å². The summed E-state index contributed by atoms with van der Waals surface area (Å²) in [5, 5.41) is 1.44. The predicted molar refractivity (Wildman–Crippen MR) is 81.0 cm³/mol. The van der Waals surface area contributed by atoms with Gasteiger partial charge in [-0.25, -0.2) is 4.98 Å². The molecule has 0 unspecified atom stereocenters. The van der Waals surface area contributed by atoms with Crippen molar-refractivity contribution in [1.82, 2.24) is 4.98 Å². The number of carbonyl (C=O) groups excluding carboxylic acids is 1. The molecule has 0 aliphatic heterocycles. The van der Waals surface area contributed by atoms with Crippen molar-refractivity contribution < 1.29 is 9.53 Å². The summed E-state index contributed by atoms with van der Waals surface area (Å²) in [5.41, 5.74) is 2.06. The zero-order valence-electron chi connectivity index (χ0n) is 11.0. The second-order valence-corrected chi connectivity index (χ2v) is 5.47. The van der Waals surface area contributed by atoms with Gasteiger partial charge in [-0.3, -0.25) is 4.79 Å². The molecule has 2 aromatic rings. The first-order valence-corrected chi connectivity index (χ1v) is 7.44. The molecular weight excluding hydrogens is 294 g/mol. The van der Waals surface area contributed by atoms with Gasteiger partial charge < -0.3 is 4.74 Å². The first-order valence-electron chi connectivity index (χ1n) is 6.07. The minimum absolute atomic E-state index is 0.238. The van der Waals surface area contributed by atoms with Crippen LogP contribution in [0.1, 0.15) is 11.1 Å². The van der Waals surface area contributed by atoms with E-state index in [0.717, 1.165) is 16.2 Å². The molecule has 0 bridgehead atoms. The fraction of sp³-hybridized carbons (Fsp3) is 0.200. The molecule has 1 heterocycles. The Kier molecular flexibility index (Phi) is 5.44. The fourth-order valence-electron chi connectivity index (χ4n) is 1.72. The molecule has 3 nitrogen and oxygen atoms in total. The lowest BCUT2D eigenvalue weighted by Crippen LogP contribution is -2.06. The molecule has 104 valence electrons. The summed E-state index contributed by atoms with van der Waals surface area (Å²) in [6.07, 6.45) is 2.00. The molecule has 0 aliphatic rings. The Labute approximate surface area is 127 Å². The molecule has 0 saturated carbocycles. The van der Waals surface area contributed by atoms with Gasteiger partial charge in [0.25, 0.3) is 0 Å². The van der Waals surface area contributed by atoms with E-state index in [1.807, 2.05) is 30.3 Å². The number of pyridine rings is 1. The first kappa shape index (κ1) is 14.9. The summed E-state index contributed by atoms with van der Waals surface area (Å²) < 4.78 is 4.71. The fourth-order valence-corrected chi connectivity index (χ4v) is 2.92. The molecule has 0 saturated heterocycles. The van der Waals surface area contributed by atoms with E-state index < -0.39 is 0 Å². The van der Waals surface area contributed by atoms with Crippen LogP contribution in [-0.4, -0.2) is 18.1 Å². The summed E-state index contributed by atoms with van der Waals surface area (Å²) in [6.45, 7) is 0. The van der Waals surface area contributed by atoms with Gasteiger partial charge in [-0.15, -0.1) is 11.8 Å². The SMILES string of the molecule is COC(=O)Cc1ccccc1CSc1ncccc1Cl. The maximum Gasteiger partial charge on any atom is 0.309 e. The number of aromatic nitrogens is 1. The van der Waals surface area contributed by atoms with Crippen LogP contribution in [0.3, 0.4) is 0 Å². The molecule has 0 atom stereocenters. The number of hydrogen-bond donors (Lipinski definition) is 0. The maximum atomic E-state index is 11.4. The average Bonchev–Trinajstić information content (AvgIpc) is 2.47. The summed E-state index contributed by atoms with van der Waals surface area (Å²) in [5.74, 6) is 0.475. The molecule has 0 amide bonds. The van der Waals surface area contributed by atoms with Crippen LogP contribution in [-0.2, 0) is 21.7 Å². The summed E-state index contributed by atoms with van der Waals surface area (Å²) >= 11 is 7.63. The monoisotopic (exact) mass is 307 g/mol. The zero-order chi connectivity index (χ0) is 14.4. The Balaban J connectivity index is 2.10. The van der Waals surface area contributed by atoms with Crippen molar-refractivity contribution in [2.45, 2.75) is 17.2 Å². The highest BCUT2D eigenvalue weighted by atomic mass is 35.5. The van der Waals surface area contributed by atoms with Crippen molar-refractivity contribution in [1.29, 1.82) is 0 Å². The van der Waals surface area contributed by atoms with Crippen LogP contribution in [0.15, 0.2) is 47.6 Å². The molecule has 1 aromatic carbocycles. The van der Waals surface area contributed by atoms with Gasteiger partial charge in [0.15, 0.2) is 0 Å². The first-order chi connectivity index (χ1) is 9.70. The number of carbonyl (C=O) groups is 1. The molecule has 0 radical (unpaired) electrons. The van der Waals surface area contributed by atoms with Crippen LogP contribution in [0.25, 0.3) is 0 Å². The number of rotatable bonds is 5. The van der Waals surface area contributed by atoms with Gasteiger partial charge in [0.1, 0.15) is 5.03 Å². The highest BCUT2D eigenvalue weighted by Gasteiger charge is 2.09. The van der Waals surface area contributed by atoms with E-state index in [9.17, 15) is 4.79 Å². The number of ether oxygens (including phenoxy) is 1. The smallest absolute Gasteiger partial charge is 0.309 e. The molecule has 1 aromatic heterocycles. The second-order valence-electron chi connectivity index (χ2n) is 4.10. The molecule has 20 heavy (non-hydrogen) atoms. The van der Waals surface area contributed by atoms with Crippen molar-refractivity contribution in [2.24, 2.45) is 0 Å². The third-order valence-corrected chi connectivity index (χ3v) is 4.24. The van der Waals surface area contributed by atoms with Crippen LogP contribution < -0.4 is 0 Å². The number of esters is 1.